The van der Waals surface area contributed by atoms with Crippen molar-refractivity contribution in [2.75, 3.05) is 18.0 Å². The van der Waals surface area contributed by atoms with E-state index in [4.69, 9.17) is 0 Å². The molecule has 1 aromatic carbocycles. The van der Waals surface area contributed by atoms with Gasteiger partial charge in [-0.15, -0.1) is 0 Å². The minimum Gasteiger partial charge on any atom is -0.356 e. The lowest BCUT2D eigenvalue weighted by atomic mass is 9.95. The van der Waals surface area contributed by atoms with Crippen molar-refractivity contribution in [3.63, 3.8) is 0 Å². The Kier molecular flexibility index (Phi) is 3.75. The average molecular weight is 380 g/mol. The Balaban J connectivity index is 1.41. The van der Waals surface area contributed by atoms with Crippen LogP contribution in [-0.2, 0) is 7.05 Å². The van der Waals surface area contributed by atoms with Crippen LogP contribution in [0.1, 0.15) is 24.1 Å². The van der Waals surface area contributed by atoms with Gasteiger partial charge in [0.15, 0.2) is 0 Å². The normalized spacial score (nSPS) is 17.7. The van der Waals surface area contributed by atoms with Gasteiger partial charge in [-0.2, -0.15) is 5.10 Å². The number of aryl methyl sites for hydroxylation is 1. The molecule has 0 radical (unpaired) electrons. The van der Waals surface area contributed by atoms with Crippen molar-refractivity contribution in [1.82, 2.24) is 19.7 Å². The van der Waals surface area contributed by atoms with E-state index in [1.54, 1.807) is 4.68 Å². The monoisotopic (exact) mass is 380 g/mol. The molecule has 0 aliphatic carbocycles. The number of rotatable bonds is 3. The summed E-state index contributed by atoms with van der Waals surface area (Å²) in [6.07, 6.45) is 4.97. The highest BCUT2D eigenvalue weighted by Crippen LogP contribution is 2.36. The number of anilines is 1. The average Bonchev–Trinajstić information content (AvgIpc) is 3.09. The van der Waals surface area contributed by atoms with Gasteiger partial charge in [-0.25, -0.2) is 23.7 Å². The zero-order valence-corrected chi connectivity index (χ0v) is 15.3. The highest BCUT2D eigenvalue weighted by molar-refractivity contribution is 6.21. The molecule has 1 saturated heterocycles. The molecule has 3 aromatic rings. The fourth-order valence-corrected chi connectivity index (χ4v) is 3.61. The largest absolute Gasteiger partial charge is 0.356 e. The molecule has 4 heterocycles. The third kappa shape index (κ3) is 2.94. The molecule has 2 aliphatic heterocycles. The number of aromatic nitrogens is 4. The van der Waals surface area contributed by atoms with Gasteiger partial charge in [-0.05, 0) is 17.7 Å². The number of halogens is 2. The smallest absolute Gasteiger partial charge is 0.251 e. The van der Waals surface area contributed by atoms with E-state index < -0.39 is 5.92 Å². The van der Waals surface area contributed by atoms with E-state index in [2.05, 4.69) is 26.1 Å². The molecule has 8 heteroatoms. The minimum absolute atomic E-state index is 0.148. The molecule has 6 nitrogen and oxygen atoms in total. The summed E-state index contributed by atoms with van der Waals surface area (Å²) in [5, 5.41) is 4.22. The van der Waals surface area contributed by atoms with Crippen LogP contribution in [-0.4, -0.2) is 44.5 Å². The van der Waals surface area contributed by atoms with Gasteiger partial charge in [0.05, 0.1) is 23.3 Å². The van der Waals surface area contributed by atoms with Crippen molar-refractivity contribution in [3.8, 4) is 11.1 Å². The second-order valence-corrected chi connectivity index (χ2v) is 7.20. The van der Waals surface area contributed by atoms with E-state index in [1.807, 2.05) is 42.5 Å². The van der Waals surface area contributed by atoms with E-state index in [-0.39, 0.29) is 25.9 Å². The zero-order valence-electron chi connectivity index (χ0n) is 15.3. The number of aliphatic imine (C=N–C) groups is 1. The van der Waals surface area contributed by atoms with Gasteiger partial charge < -0.3 is 4.90 Å². The first-order valence-electron chi connectivity index (χ1n) is 9.16. The molecule has 0 saturated carbocycles. The Bertz CT molecular complexity index is 1080. The molecular formula is C20H18F2N6. The molecule has 0 amide bonds. The molecular weight excluding hydrogens is 362 g/mol. The highest BCUT2D eigenvalue weighted by Gasteiger charge is 2.34. The predicted octanol–water partition coefficient (Wildman–Crippen LogP) is 3.60. The fourth-order valence-electron chi connectivity index (χ4n) is 3.61. The molecule has 0 spiro atoms. The number of alkyl halides is 2. The van der Waals surface area contributed by atoms with Gasteiger partial charge in [-0.1, -0.05) is 6.07 Å². The van der Waals surface area contributed by atoms with Gasteiger partial charge >= 0.3 is 0 Å². The highest BCUT2D eigenvalue weighted by atomic mass is 19.3. The van der Waals surface area contributed by atoms with Crippen molar-refractivity contribution in [3.05, 3.63) is 54.2 Å². The van der Waals surface area contributed by atoms with Crippen molar-refractivity contribution in [2.24, 2.45) is 12.0 Å². The molecule has 0 bridgehead atoms. The summed E-state index contributed by atoms with van der Waals surface area (Å²) in [7, 11) is 1.89. The summed E-state index contributed by atoms with van der Waals surface area (Å²) in [5.41, 5.74) is 5.54. The van der Waals surface area contributed by atoms with Crippen LogP contribution in [0.5, 0.6) is 0 Å². The first kappa shape index (κ1) is 17.0. The number of hydrogen-bond donors (Lipinski definition) is 0. The predicted molar refractivity (Wildman–Crippen MR) is 102 cm³/mol. The van der Waals surface area contributed by atoms with Crippen LogP contribution in [0.15, 0.2) is 48.0 Å². The van der Waals surface area contributed by atoms with Gasteiger partial charge in [-0.3, -0.25) is 4.68 Å². The lowest BCUT2D eigenvalue weighted by Crippen LogP contribution is -2.39. The third-order valence-corrected chi connectivity index (χ3v) is 5.24. The second kappa shape index (κ2) is 6.19. The van der Waals surface area contributed by atoms with Crippen LogP contribution in [0.2, 0.25) is 0 Å². The summed E-state index contributed by atoms with van der Waals surface area (Å²) in [6.45, 7) is 0.579. The Morgan fingerprint density at radius 2 is 1.86 bits per heavy atom. The molecule has 5 rings (SSSR count). The topological polar surface area (TPSA) is 59.2 Å². The lowest BCUT2D eigenvalue weighted by molar-refractivity contribution is -0.0221. The second-order valence-electron chi connectivity index (χ2n) is 7.20. The van der Waals surface area contributed by atoms with E-state index in [0.29, 0.717) is 11.5 Å². The summed E-state index contributed by atoms with van der Waals surface area (Å²) in [5.74, 6) is -1.91. The summed E-state index contributed by atoms with van der Waals surface area (Å²) >= 11 is 0. The standard InChI is InChI=1S/C20H18F2N6/c1-27-11-14(10-25-27)13-2-3-16-15(8-13)19(26-16)17-9-18(24-12-23-17)28-6-4-20(21,22)5-7-28/h2-3,8-12H,4-7H2,1H3. The molecule has 0 N–H and O–H groups in total. The number of fused-ring (bicyclic) bond motifs is 1. The molecule has 142 valence electrons. The van der Waals surface area contributed by atoms with E-state index in [0.717, 1.165) is 28.1 Å². The Labute approximate surface area is 160 Å². The first-order chi connectivity index (χ1) is 13.5. The lowest BCUT2D eigenvalue weighted by Gasteiger charge is -2.32. The van der Waals surface area contributed by atoms with Crippen LogP contribution in [0.4, 0.5) is 20.3 Å². The van der Waals surface area contributed by atoms with Crippen molar-refractivity contribution >= 4 is 17.2 Å². The molecule has 0 unspecified atom stereocenters. The quantitative estimate of drug-likeness (QED) is 0.545. The van der Waals surface area contributed by atoms with E-state index in [1.165, 1.54) is 6.33 Å². The minimum atomic E-state index is -2.58. The van der Waals surface area contributed by atoms with Crippen molar-refractivity contribution < 1.29 is 8.78 Å². The first-order valence-corrected chi connectivity index (χ1v) is 9.16. The Hall–Kier alpha value is -3.16. The van der Waals surface area contributed by atoms with Crippen molar-refractivity contribution in [1.29, 1.82) is 0 Å². The maximum Gasteiger partial charge on any atom is 0.251 e. The zero-order chi connectivity index (χ0) is 19.3. The van der Waals surface area contributed by atoms with Gasteiger partial charge in [0, 0.05) is 56.4 Å². The maximum atomic E-state index is 13.4. The summed E-state index contributed by atoms with van der Waals surface area (Å²) in [6, 6.07) is 7.92. The summed E-state index contributed by atoms with van der Waals surface area (Å²) in [4.78, 5) is 15.1. The fraction of sp³-hybridized carbons (Fsp3) is 0.300. The van der Waals surface area contributed by atoms with Crippen LogP contribution in [0.25, 0.3) is 11.1 Å². The summed E-state index contributed by atoms with van der Waals surface area (Å²) < 4.78 is 28.6. The van der Waals surface area contributed by atoms with Crippen LogP contribution in [0, 0.1) is 0 Å². The molecule has 28 heavy (non-hydrogen) atoms. The Morgan fingerprint density at radius 1 is 1.04 bits per heavy atom. The molecule has 0 atom stereocenters. The third-order valence-electron chi connectivity index (χ3n) is 5.24. The number of nitrogens with zero attached hydrogens (tertiary/aromatic N) is 6. The van der Waals surface area contributed by atoms with Crippen LogP contribution in [0.3, 0.4) is 0 Å². The molecule has 2 aliphatic rings. The SMILES string of the molecule is Cn1cc(-c2ccc3c(c2)C(c2cc(N4CCC(F)(F)CC4)ncn2)=N3)cn1. The Morgan fingerprint density at radius 3 is 2.61 bits per heavy atom. The van der Waals surface area contributed by atoms with Gasteiger partial charge in [0.1, 0.15) is 12.1 Å². The van der Waals surface area contributed by atoms with Crippen LogP contribution < -0.4 is 4.90 Å². The molecule has 2 aromatic heterocycles. The number of benzene rings is 1. The van der Waals surface area contributed by atoms with E-state index >= 15 is 0 Å². The molecule has 1 fully saturated rings. The number of hydrogen-bond acceptors (Lipinski definition) is 5. The van der Waals surface area contributed by atoms with Crippen LogP contribution >= 0.6 is 0 Å². The number of piperidine rings is 1. The van der Waals surface area contributed by atoms with Gasteiger partial charge in [0.25, 0.3) is 5.92 Å². The van der Waals surface area contributed by atoms with E-state index in [9.17, 15) is 8.78 Å². The van der Waals surface area contributed by atoms with Gasteiger partial charge in [0.2, 0.25) is 0 Å². The maximum absolute atomic E-state index is 13.4. The van der Waals surface area contributed by atoms with Crippen molar-refractivity contribution in [2.45, 2.75) is 18.8 Å².